The van der Waals surface area contributed by atoms with E-state index in [1.54, 1.807) is 6.92 Å². The van der Waals surface area contributed by atoms with Crippen LogP contribution in [0.4, 0.5) is 52.7 Å². The first-order valence-corrected chi connectivity index (χ1v) is 11.6. The molecule has 0 aliphatic carbocycles. The van der Waals surface area contributed by atoms with E-state index in [1.165, 1.54) is 0 Å². The number of rotatable bonds is 15. The second kappa shape index (κ2) is 10.4. The average Bonchev–Trinajstić information content (AvgIpc) is 2.60. The minimum Gasteiger partial charge on any atom is -0.389 e. The van der Waals surface area contributed by atoms with E-state index in [9.17, 15) is 57.1 Å². The van der Waals surface area contributed by atoms with Gasteiger partial charge in [0, 0.05) is 12.8 Å². The molecule has 0 heterocycles. The summed E-state index contributed by atoms with van der Waals surface area (Å²) in [6.07, 6.45) is -4.87. The van der Waals surface area contributed by atoms with Gasteiger partial charge in [-0.15, -0.1) is 0 Å². The third kappa shape index (κ3) is 6.15. The molecule has 0 amide bonds. The number of hydrogen-bond donors (Lipinski definition) is 0. The molecule has 0 aromatic carbocycles. The summed E-state index contributed by atoms with van der Waals surface area (Å²) in [5, 5.41) is 0. The Labute approximate surface area is 173 Å². The molecule has 0 saturated carbocycles. The first-order chi connectivity index (χ1) is 13.7. The van der Waals surface area contributed by atoms with Crippen molar-refractivity contribution in [3.63, 3.8) is 0 Å². The first kappa shape index (κ1) is 30.2. The van der Waals surface area contributed by atoms with Crippen LogP contribution in [0.25, 0.3) is 0 Å². The fourth-order valence-corrected chi connectivity index (χ4v) is 3.35. The smallest absolute Gasteiger partial charge is 0.384 e. The highest BCUT2D eigenvalue weighted by atomic mass is 28.3. The lowest BCUT2D eigenvalue weighted by Crippen LogP contribution is -2.70. The van der Waals surface area contributed by atoms with Crippen LogP contribution in [0.15, 0.2) is 0 Å². The van der Waals surface area contributed by atoms with E-state index >= 15 is 0 Å². The van der Waals surface area contributed by atoms with Crippen LogP contribution >= 0.6 is 0 Å². The highest BCUT2D eigenvalue weighted by molar-refractivity contribution is 6.40. The highest BCUT2D eigenvalue weighted by Crippen LogP contribution is 2.61. The van der Waals surface area contributed by atoms with Gasteiger partial charge < -0.3 is 4.46 Å². The number of hydrogen-bond acceptors (Lipinski definition) is 1. The van der Waals surface area contributed by atoms with Crippen LogP contribution in [0.3, 0.4) is 0 Å². The highest BCUT2D eigenvalue weighted by Gasteiger charge is 2.89. The van der Waals surface area contributed by atoms with Gasteiger partial charge in [-0.05, 0) is 25.4 Å². The van der Waals surface area contributed by atoms with Gasteiger partial charge in [0.1, 0.15) is 0 Å². The van der Waals surface area contributed by atoms with Crippen molar-refractivity contribution in [2.45, 2.75) is 106 Å². The van der Waals surface area contributed by atoms with Crippen molar-refractivity contribution in [2.24, 2.45) is 0 Å². The molecule has 0 bridgehead atoms. The van der Waals surface area contributed by atoms with E-state index in [1.807, 2.05) is 0 Å². The third-order valence-electron chi connectivity index (χ3n) is 4.72. The summed E-state index contributed by atoms with van der Waals surface area (Å²) >= 11 is 0. The normalized spacial score (nSPS) is 14.8. The Morgan fingerprint density at radius 3 is 1.26 bits per heavy atom. The number of halogens is 12. The molecule has 14 heteroatoms. The van der Waals surface area contributed by atoms with Crippen LogP contribution in [0.2, 0.25) is 12.6 Å². The molecule has 0 N–H and O–H groups in total. The fourth-order valence-electron chi connectivity index (χ4n) is 2.68. The van der Waals surface area contributed by atoms with E-state index in [0.29, 0.717) is 12.8 Å². The van der Waals surface area contributed by atoms with Crippen molar-refractivity contribution < 1.29 is 57.1 Å². The molecule has 0 aliphatic rings. The zero-order valence-corrected chi connectivity index (χ0v) is 17.8. The van der Waals surface area contributed by atoms with Crippen molar-refractivity contribution in [2.75, 3.05) is 0 Å². The van der Waals surface area contributed by atoms with E-state index in [-0.39, 0.29) is 12.8 Å². The third-order valence-corrected chi connectivity index (χ3v) is 5.77. The predicted octanol–water partition coefficient (Wildman–Crippen LogP) is 7.99. The SMILES string of the molecule is CCCCCCCC(F)(F)C(F)(F)C(F)(F)C(F)(F)C(F)(F)C(F)(F)CCC[Si](C)=O. The Hall–Kier alpha value is -0.823. The van der Waals surface area contributed by atoms with Crippen LogP contribution in [0.5, 0.6) is 0 Å². The zero-order chi connectivity index (χ0) is 24.9. The second-order valence-corrected chi connectivity index (χ2v) is 9.33. The maximum Gasteiger partial charge on any atom is 0.384 e. The zero-order valence-electron chi connectivity index (χ0n) is 16.8. The van der Waals surface area contributed by atoms with Gasteiger partial charge in [-0.1, -0.05) is 32.6 Å². The van der Waals surface area contributed by atoms with Crippen molar-refractivity contribution in [1.82, 2.24) is 0 Å². The molecule has 0 aliphatic heterocycles. The Balaban J connectivity index is 5.77. The molecule has 31 heavy (non-hydrogen) atoms. The van der Waals surface area contributed by atoms with Gasteiger partial charge in [-0.3, -0.25) is 0 Å². The largest absolute Gasteiger partial charge is 0.389 e. The Bertz CT molecular complexity index is 592. The average molecular weight is 500 g/mol. The quantitative estimate of drug-likeness (QED) is 0.127. The fraction of sp³-hybridized carbons (Fsp3) is 1.00. The van der Waals surface area contributed by atoms with Gasteiger partial charge in [-0.25, -0.2) is 0 Å². The summed E-state index contributed by atoms with van der Waals surface area (Å²) in [4.78, 5) is 0. The summed E-state index contributed by atoms with van der Waals surface area (Å²) in [5.41, 5.74) is 0. The molecule has 1 nitrogen and oxygen atoms in total. The topological polar surface area (TPSA) is 17.1 Å². The van der Waals surface area contributed by atoms with Crippen LogP contribution in [-0.2, 0) is 4.46 Å². The van der Waals surface area contributed by atoms with E-state index < -0.39 is 75.9 Å². The Morgan fingerprint density at radius 1 is 0.548 bits per heavy atom. The van der Waals surface area contributed by atoms with Gasteiger partial charge in [-0.2, -0.15) is 52.7 Å². The minimum atomic E-state index is -7.52. The van der Waals surface area contributed by atoms with Crippen molar-refractivity contribution in [3.05, 3.63) is 0 Å². The van der Waals surface area contributed by atoms with E-state index in [0.717, 1.165) is 6.55 Å². The molecule has 0 unspecified atom stereocenters. The lowest BCUT2D eigenvalue weighted by molar-refractivity contribution is -0.425. The van der Waals surface area contributed by atoms with Gasteiger partial charge in [0.2, 0.25) is 0 Å². The molecule has 0 rings (SSSR count). The first-order valence-electron chi connectivity index (χ1n) is 9.49. The van der Waals surface area contributed by atoms with Gasteiger partial charge in [0.25, 0.3) is 8.68 Å². The molecule has 0 fully saturated rings. The summed E-state index contributed by atoms with van der Waals surface area (Å²) in [7, 11) is -2.50. The molecular weight excluding hydrogens is 476 g/mol. The van der Waals surface area contributed by atoms with Crippen LogP contribution in [0, 0.1) is 0 Å². The van der Waals surface area contributed by atoms with Crippen molar-refractivity contribution >= 4 is 8.68 Å². The van der Waals surface area contributed by atoms with Gasteiger partial charge in [0.05, 0.1) is 0 Å². The second-order valence-electron chi connectivity index (χ2n) is 7.43. The molecule has 0 aromatic heterocycles. The molecular formula is C17H24F12OSi. The van der Waals surface area contributed by atoms with Crippen LogP contribution < -0.4 is 0 Å². The Morgan fingerprint density at radius 2 is 0.903 bits per heavy atom. The molecule has 0 aromatic rings. The monoisotopic (exact) mass is 500 g/mol. The minimum absolute atomic E-state index is 0.143. The molecule has 186 valence electrons. The van der Waals surface area contributed by atoms with Crippen LogP contribution in [-0.4, -0.2) is 44.2 Å². The van der Waals surface area contributed by atoms with Crippen LogP contribution in [0.1, 0.15) is 58.3 Å². The Kier molecular flexibility index (Phi) is 10.1. The summed E-state index contributed by atoms with van der Waals surface area (Å²) in [6, 6.07) is -0.620. The summed E-state index contributed by atoms with van der Waals surface area (Å²) < 4.78 is 175. The summed E-state index contributed by atoms with van der Waals surface area (Å²) in [6.45, 7) is 2.73. The van der Waals surface area contributed by atoms with E-state index in [4.69, 9.17) is 0 Å². The van der Waals surface area contributed by atoms with Crippen molar-refractivity contribution in [1.29, 1.82) is 0 Å². The number of alkyl halides is 12. The maximum atomic E-state index is 13.7. The lowest BCUT2D eigenvalue weighted by Gasteiger charge is -2.41. The van der Waals surface area contributed by atoms with E-state index in [2.05, 4.69) is 0 Å². The van der Waals surface area contributed by atoms with Crippen molar-refractivity contribution in [3.8, 4) is 0 Å². The standard InChI is InChI=1S/C17H24F12OSi/c1-3-4-5-6-7-9-12(18,19)14(22,23)16(26,27)17(28,29)15(24,25)13(20,21)10-8-11-31(2)30/h3-11H2,1-2H3. The predicted molar refractivity (Wildman–Crippen MR) is 89.4 cm³/mol. The molecule has 0 saturated heterocycles. The molecule has 0 atom stereocenters. The molecule has 0 radical (unpaired) electrons. The van der Waals surface area contributed by atoms with Gasteiger partial charge >= 0.3 is 35.5 Å². The van der Waals surface area contributed by atoms with Gasteiger partial charge in [0.15, 0.2) is 0 Å². The number of unbranched alkanes of at least 4 members (excludes halogenated alkanes) is 4. The molecule has 0 spiro atoms. The summed E-state index contributed by atoms with van der Waals surface area (Å²) in [5.74, 6) is -41.0. The maximum absolute atomic E-state index is 13.7. The lowest BCUT2D eigenvalue weighted by atomic mass is 9.88.